The van der Waals surface area contributed by atoms with E-state index in [1.54, 1.807) is 0 Å². The number of rotatable bonds is 4. The average Bonchev–Trinajstić information content (AvgIpc) is 3.03. The first-order valence-corrected chi connectivity index (χ1v) is 5.45. The molecule has 0 radical (unpaired) electrons. The highest BCUT2D eigenvalue weighted by atomic mass is 15.0. The van der Waals surface area contributed by atoms with Crippen LogP contribution in [0.5, 0.6) is 0 Å². The van der Waals surface area contributed by atoms with Crippen LogP contribution in [0.2, 0.25) is 0 Å². The van der Waals surface area contributed by atoms with E-state index in [0.717, 1.165) is 6.42 Å². The van der Waals surface area contributed by atoms with Gasteiger partial charge in [-0.15, -0.1) is 0 Å². The zero-order chi connectivity index (χ0) is 10.7. The summed E-state index contributed by atoms with van der Waals surface area (Å²) in [5, 5.41) is 12.6. The molecule has 1 N–H and O–H groups in total. The van der Waals surface area contributed by atoms with Gasteiger partial charge in [-0.05, 0) is 25.3 Å². The fourth-order valence-electron chi connectivity index (χ4n) is 1.81. The fourth-order valence-corrected chi connectivity index (χ4v) is 1.81. The van der Waals surface area contributed by atoms with E-state index >= 15 is 0 Å². The maximum atomic E-state index is 9.21. The molecule has 1 unspecified atom stereocenters. The summed E-state index contributed by atoms with van der Waals surface area (Å²) >= 11 is 0. The Labute approximate surface area is 90.9 Å². The first kappa shape index (κ1) is 10.2. The quantitative estimate of drug-likeness (QED) is 0.809. The molecule has 1 fully saturated rings. The van der Waals surface area contributed by atoms with Crippen LogP contribution in [0.15, 0.2) is 30.3 Å². The lowest BCUT2D eigenvalue weighted by molar-refractivity contribution is 0.441. The molecule has 0 heterocycles. The highest BCUT2D eigenvalue weighted by Crippen LogP contribution is 2.24. The minimum atomic E-state index is -0.414. The smallest absolute Gasteiger partial charge is 0.108 e. The molecule has 1 aliphatic rings. The van der Waals surface area contributed by atoms with Gasteiger partial charge in [-0.25, -0.2) is 0 Å². The molecule has 1 aliphatic carbocycles. The minimum absolute atomic E-state index is 0.414. The van der Waals surface area contributed by atoms with Gasteiger partial charge in [0.1, 0.15) is 5.54 Å². The predicted octanol–water partition coefficient (Wildman–Crippen LogP) is 2.26. The van der Waals surface area contributed by atoms with E-state index < -0.39 is 5.54 Å². The van der Waals surface area contributed by atoms with Crippen molar-refractivity contribution in [2.24, 2.45) is 0 Å². The molecule has 2 nitrogen and oxygen atoms in total. The summed E-state index contributed by atoms with van der Waals surface area (Å²) in [5.41, 5.74) is 0.803. The van der Waals surface area contributed by atoms with Gasteiger partial charge in [0.05, 0.1) is 6.07 Å². The van der Waals surface area contributed by atoms with Crippen molar-refractivity contribution in [3.63, 3.8) is 0 Å². The molecule has 0 aliphatic heterocycles. The van der Waals surface area contributed by atoms with Crippen molar-refractivity contribution in [1.29, 1.82) is 5.26 Å². The van der Waals surface area contributed by atoms with Gasteiger partial charge in [0.15, 0.2) is 0 Å². The van der Waals surface area contributed by atoms with Gasteiger partial charge in [0, 0.05) is 12.5 Å². The molecule has 0 bridgehead atoms. The third-order valence-corrected chi connectivity index (χ3v) is 2.75. The Bertz CT molecular complexity index is 362. The highest BCUT2D eigenvalue weighted by molar-refractivity contribution is 5.22. The third kappa shape index (κ3) is 2.81. The van der Waals surface area contributed by atoms with Crippen LogP contribution >= 0.6 is 0 Å². The number of hydrogen-bond donors (Lipinski definition) is 1. The number of nitrogens with zero attached hydrogens (tertiary/aromatic N) is 1. The van der Waals surface area contributed by atoms with Gasteiger partial charge in [-0.3, -0.25) is 5.32 Å². The van der Waals surface area contributed by atoms with E-state index in [0.29, 0.717) is 6.04 Å². The van der Waals surface area contributed by atoms with Gasteiger partial charge in [-0.2, -0.15) is 5.26 Å². The summed E-state index contributed by atoms with van der Waals surface area (Å²) in [7, 11) is 0. The first-order valence-electron chi connectivity index (χ1n) is 5.45. The summed E-state index contributed by atoms with van der Waals surface area (Å²) in [4.78, 5) is 0. The Morgan fingerprint density at radius 1 is 1.40 bits per heavy atom. The Hall–Kier alpha value is -1.33. The highest BCUT2D eigenvalue weighted by Gasteiger charge is 2.32. The van der Waals surface area contributed by atoms with Crippen molar-refractivity contribution in [1.82, 2.24) is 5.32 Å². The first-order chi connectivity index (χ1) is 7.22. The van der Waals surface area contributed by atoms with Crippen LogP contribution in [-0.4, -0.2) is 11.6 Å². The summed E-state index contributed by atoms with van der Waals surface area (Å²) in [6, 6.07) is 13.1. The lowest BCUT2D eigenvalue weighted by atomic mass is 9.94. The fraction of sp³-hybridized carbons (Fsp3) is 0.462. The standard InChI is InChI=1S/C13H16N2/c1-13(10-14,15-12-7-8-12)9-11-5-3-2-4-6-11/h2-6,12,15H,7-9H2,1H3. The third-order valence-electron chi connectivity index (χ3n) is 2.75. The molecule has 1 aromatic carbocycles. The number of hydrogen-bond acceptors (Lipinski definition) is 2. The molecular weight excluding hydrogens is 184 g/mol. The Morgan fingerprint density at radius 3 is 2.60 bits per heavy atom. The van der Waals surface area contributed by atoms with E-state index in [-0.39, 0.29) is 0 Å². The number of benzene rings is 1. The van der Waals surface area contributed by atoms with Gasteiger partial charge in [0.25, 0.3) is 0 Å². The molecule has 78 valence electrons. The van der Waals surface area contributed by atoms with Crippen LogP contribution in [-0.2, 0) is 6.42 Å². The zero-order valence-corrected chi connectivity index (χ0v) is 9.03. The predicted molar refractivity (Wildman–Crippen MR) is 60.3 cm³/mol. The normalized spacial score (nSPS) is 19.2. The maximum Gasteiger partial charge on any atom is 0.108 e. The largest absolute Gasteiger partial charge is 0.297 e. The van der Waals surface area contributed by atoms with E-state index in [1.165, 1.54) is 18.4 Å². The molecule has 0 aromatic heterocycles. The van der Waals surface area contributed by atoms with Crippen LogP contribution in [0.3, 0.4) is 0 Å². The SMILES string of the molecule is CC(C#N)(Cc1ccccc1)NC1CC1. The van der Waals surface area contributed by atoms with Crippen molar-refractivity contribution in [3.8, 4) is 6.07 Å². The van der Waals surface area contributed by atoms with Gasteiger partial charge < -0.3 is 0 Å². The molecule has 1 saturated carbocycles. The maximum absolute atomic E-state index is 9.21. The molecule has 2 rings (SSSR count). The number of nitrogens with one attached hydrogen (secondary N) is 1. The second-order valence-corrected chi connectivity index (χ2v) is 4.52. The zero-order valence-electron chi connectivity index (χ0n) is 9.03. The summed E-state index contributed by atoms with van der Waals surface area (Å²) in [6.07, 6.45) is 3.21. The average molecular weight is 200 g/mol. The lowest BCUT2D eigenvalue weighted by Gasteiger charge is -2.23. The van der Waals surface area contributed by atoms with Crippen molar-refractivity contribution < 1.29 is 0 Å². The summed E-state index contributed by atoms with van der Waals surface area (Å²) < 4.78 is 0. The van der Waals surface area contributed by atoms with E-state index in [2.05, 4.69) is 23.5 Å². The van der Waals surface area contributed by atoms with Gasteiger partial charge >= 0.3 is 0 Å². The van der Waals surface area contributed by atoms with Crippen LogP contribution in [0.4, 0.5) is 0 Å². The van der Waals surface area contributed by atoms with Crippen LogP contribution in [0.1, 0.15) is 25.3 Å². The monoisotopic (exact) mass is 200 g/mol. The minimum Gasteiger partial charge on any atom is -0.297 e. The van der Waals surface area contributed by atoms with Gasteiger partial charge in [0.2, 0.25) is 0 Å². The van der Waals surface area contributed by atoms with Crippen molar-refractivity contribution in [2.75, 3.05) is 0 Å². The van der Waals surface area contributed by atoms with Crippen LogP contribution in [0.25, 0.3) is 0 Å². The lowest BCUT2D eigenvalue weighted by Crippen LogP contribution is -2.44. The van der Waals surface area contributed by atoms with Gasteiger partial charge in [-0.1, -0.05) is 30.3 Å². The van der Waals surface area contributed by atoms with Crippen molar-refractivity contribution in [2.45, 2.75) is 37.8 Å². The Kier molecular flexibility index (Phi) is 2.75. The molecule has 1 atom stereocenters. The number of nitriles is 1. The molecule has 0 saturated heterocycles. The van der Waals surface area contributed by atoms with E-state index in [1.807, 2.05) is 25.1 Å². The molecule has 15 heavy (non-hydrogen) atoms. The second-order valence-electron chi connectivity index (χ2n) is 4.52. The topological polar surface area (TPSA) is 35.8 Å². The van der Waals surface area contributed by atoms with Crippen LogP contribution < -0.4 is 5.32 Å². The molecular formula is C13H16N2. The molecule has 1 aromatic rings. The Balaban J connectivity index is 2.04. The summed E-state index contributed by atoms with van der Waals surface area (Å²) in [5.74, 6) is 0. The van der Waals surface area contributed by atoms with Crippen molar-refractivity contribution >= 4 is 0 Å². The Morgan fingerprint density at radius 2 is 2.07 bits per heavy atom. The van der Waals surface area contributed by atoms with E-state index in [9.17, 15) is 5.26 Å². The van der Waals surface area contributed by atoms with Crippen molar-refractivity contribution in [3.05, 3.63) is 35.9 Å². The second kappa shape index (κ2) is 4.04. The molecule has 2 heteroatoms. The molecule has 0 spiro atoms. The molecule has 0 amide bonds. The summed E-state index contributed by atoms with van der Waals surface area (Å²) in [6.45, 7) is 1.98. The van der Waals surface area contributed by atoms with E-state index in [4.69, 9.17) is 0 Å². The van der Waals surface area contributed by atoms with Crippen LogP contribution in [0, 0.1) is 11.3 Å².